The van der Waals surface area contributed by atoms with Gasteiger partial charge in [-0.1, -0.05) is 6.92 Å². The summed E-state index contributed by atoms with van der Waals surface area (Å²) in [6.45, 7) is 6.20. The van der Waals surface area contributed by atoms with Gasteiger partial charge >= 0.3 is 5.97 Å². The van der Waals surface area contributed by atoms with Crippen molar-refractivity contribution >= 4 is 40.6 Å². The Balaban J connectivity index is 1.72. The number of rotatable bonds is 7. The molecule has 1 amide bonds. The van der Waals surface area contributed by atoms with E-state index in [-0.39, 0.29) is 11.0 Å². The molecule has 0 atom stereocenters. The van der Waals surface area contributed by atoms with Crippen molar-refractivity contribution in [1.29, 1.82) is 0 Å². The van der Waals surface area contributed by atoms with E-state index in [0.29, 0.717) is 29.2 Å². The van der Waals surface area contributed by atoms with Gasteiger partial charge in [-0.05, 0) is 68.2 Å². The summed E-state index contributed by atoms with van der Waals surface area (Å²) in [7, 11) is 3.43. The van der Waals surface area contributed by atoms with Crippen molar-refractivity contribution < 1.29 is 19.1 Å². The van der Waals surface area contributed by atoms with E-state index in [9.17, 15) is 9.59 Å². The number of carbonyl (C=O) groups excluding carboxylic acids is 2. The van der Waals surface area contributed by atoms with Crippen molar-refractivity contribution in [2.24, 2.45) is 0 Å². The summed E-state index contributed by atoms with van der Waals surface area (Å²) in [5.74, 6) is -0.0614. The zero-order valence-corrected chi connectivity index (χ0v) is 20.0. The fraction of sp³-hybridized carbons (Fsp3) is 0.375. The molecular formula is C24H30N4O4S. The maximum absolute atomic E-state index is 12.6. The molecule has 1 fully saturated rings. The fourth-order valence-electron chi connectivity index (χ4n) is 3.46. The van der Waals surface area contributed by atoms with Crippen LogP contribution < -0.4 is 20.3 Å². The molecule has 9 heteroatoms. The Labute approximate surface area is 199 Å². The van der Waals surface area contributed by atoms with Gasteiger partial charge in [0.25, 0.3) is 5.91 Å². The number of piperazine rings is 1. The topological polar surface area (TPSA) is 83.1 Å². The van der Waals surface area contributed by atoms with Crippen LogP contribution in [0.1, 0.15) is 34.1 Å². The molecule has 0 bridgehead atoms. The minimum Gasteiger partial charge on any atom is -0.494 e. The highest BCUT2D eigenvalue weighted by Gasteiger charge is 2.20. The third-order valence-corrected chi connectivity index (χ3v) is 5.53. The van der Waals surface area contributed by atoms with E-state index in [0.717, 1.165) is 38.3 Å². The second-order valence-electron chi connectivity index (χ2n) is 7.79. The Morgan fingerprint density at radius 1 is 1.03 bits per heavy atom. The van der Waals surface area contributed by atoms with Crippen molar-refractivity contribution in [3.05, 3.63) is 53.6 Å². The predicted octanol–water partition coefficient (Wildman–Crippen LogP) is 3.14. The lowest BCUT2D eigenvalue weighted by molar-refractivity contribution is 0.0600. The normalized spacial score (nSPS) is 13.8. The Hall–Kier alpha value is -3.17. The van der Waals surface area contributed by atoms with Crippen LogP contribution in [0, 0.1) is 0 Å². The number of hydrogen-bond acceptors (Lipinski definition) is 7. The lowest BCUT2D eigenvalue weighted by Crippen LogP contribution is -2.45. The smallest absolute Gasteiger partial charge is 0.337 e. The number of esters is 1. The summed E-state index contributed by atoms with van der Waals surface area (Å²) in [6, 6.07) is 12.2. The molecular weight excluding hydrogens is 440 g/mol. The third kappa shape index (κ3) is 6.66. The number of amides is 1. The second kappa shape index (κ2) is 11.6. The van der Waals surface area contributed by atoms with Gasteiger partial charge < -0.3 is 24.6 Å². The number of benzene rings is 2. The summed E-state index contributed by atoms with van der Waals surface area (Å²) in [5.41, 5.74) is 2.40. The fourth-order valence-corrected chi connectivity index (χ4v) is 3.66. The molecule has 2 aromatic carbocycles. The predicted molar refractivity (Wildman–Crippen MR) is 133 cm³/mol. The molecule has 8 nitrogen and oxygen atoms in total. The van der Waals surface area contributed by atoms with Gasteiger partial charge in [0.05, 0.1) is 30.7 Å². The van der Waals surface area contributed by atoms with Crippen molar-refractivity contribution in [1.82, 2.24) is 10.2 Å². The number of anilines is 2. The third-order valence-electron chi connectivity index (χ3n) is 5.33. The molecule has 0 unspecified atom stereocenters. The van der Waals surface area contributed by atoms with Crippen LogP contribution in [-0.2, 0) is 4.74 Å². The number of nitrogens with zero attached hydrogens (tertiary/aromatic N) is 2. The molecule has 2 aromatic rings. The van der Waals surface area contributed by atoms with Crippen LogP contribution in [0.25, 0.3) is 0 Å². The van der Waals surface area contributed by atoms with Crippen LogP contribution in [0.4, 0.5) is 11.4 Å². The average molecular weight is 471 g/mol. The van der Waals surface area contributed by atoms with E-state index >= 15 is 0 Å². The van der Waals surface area contributed by atoms with Gasteiger partial charge in [-0.2, -0.15) is 0 Å². The zero-order chi connectivity index (χ0) is 23.8. The van der Waals surface area contributed by atoms with Crippen molar-refractivity contribution in [2.45, 2.75) is 13.3 Å². The van der Waals surface area contributed by atoms with Crippen LogP contribution in [0.15, 0.2) is 42.5 Å². The first-order valence-corrected chi connectivity index (χ1v) is 11.3. The Morgan fingerprint density at radius 2 is 1.70 bits per heavy atom. The second-order valence-corrected chi connectivity index (χ2v) is 8.20. The number of likely N-dealkylation sites (N-methyl/N-ethyl adjacent to an activating group) is 1. The molecule has 1 aliphatic heterocycles. The minimum absolute atomic E-state index is 0.142. The van der Waals surface area contributed by atoms with Gasteiger partial charge in [-0.3, -0.25) is 10.1 Å². The highest BCUT2D eigenvalue weighted by atomic mass is 32.1. The maximum atomic E-state index is 12.6. The number of hydrogen-bond donors (Lipinski definition) is 2. The van der Waals surface area contributed by atoms with Crippen molar-refractivity contribution in [3.8, 4) is 5.75 Å². The lowest BCUT2D eigenvalue weighted by Gasteiger charge is -2.35. The van der Waals surface area contributed by atoms with Gasteiger partial charge in [0.15, 0.2) is 5.11 Å². The molecule has 1 saturated heterocycles. The summed E-state index contributed by atoms with van der Waals surface area (Å²) in [6.07, 6.45) is 0.912. The van der Waals surface area contributed by atoms with Gasteiger partial charge in [-0.15, -0.1) is 0 Å². The van der Waals surface area contributed by atoms with Gasteiger partial charge in [0.1, 0.15) is 5.75 Å². The van der Waals surface area contributed by atoms with Crippen LogP contribution in [0.3, 0.4) is 0 Å². The number of carbonyl (C=O) groups is 2. The number of nitrogens with one attached hydrogen (secondary N) is 2. The quantitative estimate of drug-likeness (QED) is 0.472. The molecule has 1 heterocycles. The van der Waals surface area contributed by atoms with Gasteiger partial charge in [-0.25, -0.2) is 4.79 Å². The Bertz CT molecular complexity index is 988. The van der Waals surface area contributed by atoms with Crippen molar-refractivity contribution in [2.75, 3.05) is 57.2 Å². The Morgan fingerprint density at radius 3 is 2.33 bits per heavy atom. The molecule has 0 aliphatic carbocycles. The SMILES string of the molecule is CCCOc1ccc(C(=O)NC(=S)Nc2cc(C(=O)OC)ccc2N2CCN(C)CC2)cc1. The van der Waals surface area contributed by atoms with E-state index in [2.05, 4.69) is 27.5 Å². The van der Waals surface area contributed by atoms with Crippen LogP contribution in [-0.4, -0.2) is 68.8 Å². The van der Waals surface area contributed by atoms with E-state index < -0.39 is 5.97 Å². The van der Waals surface area contributed by atoms with E-state index in [1.807, 2.05) is 13.0 Å². The number of ether oxygens (including phenoxy) is 2. The lowest BCUT2D eigenvalue weighted by atomic mass is 10.1. The molecule has 0 saturated carbocycles. The molecule has 176 valence electrons. The molecule has 0 radical (unpaired) electrons. The molecule has 0 spiro atoms. The first-order valence-electron chi connectivity index (χ1n) is 10.9. The van der Waals surface area contributed by atoms with Crippen LogP contribution >= 0.6 is 12.2 Å². The summed E-state index contributed by atoms with van der Waals surface area (Å²) in [4.78, 5) is 29.2. The zero-order valence-electron chi connectivity index (χ0n) is 19.2. The van der Waals surface area contributed by atoms with E-state index in [4.69, 9.17) is 21.7 Å². The molecule has 33 heavy (non-hydrogen) atoms. The van der Waals surface area contributed by atoms with Crippen LogP contribution in [0.2, 0.25) is 0 Å². The first kappa shape index (κ1) is 24.5. The Kier molecular flexibility index (Phi) is 8.62. The summed E-state index contributed by atoms with van der Waals surface area (Å²) in [5, 5.41) is 5.94. The monoisotopic (exact) mass is 470 g/mol. The molecule has 3 rings (SSSR count). The summed E-state index contributed by atoms with van der Waals surface area (Å²) < 4.78 is 10.4. The minimum atomic E-state index is -0.441. The van der Waals surface area contributed by atoms with Gasteiger partial charge in [0.2, 0.25) is 0 Å². The van der Waals surface area contributed by atoms with E-state index in [1.54, 1.807) is 36.4 Å². The largest absolute Gasteiger partial charge is 0.494 e. The highest BCUT2D eigenvalue weighted by molar-refractivity contribution is 7.80. The average Bonchev–Trinajstić information content (AvgIpc) is 2.83. The maximum Gasteiger partial charge on any atom is 0.337 e. The first-order chi connectivity index (χ1) is 15.9. The standard InChI is InChI=1S/C24H30N4O4S/c1-4-15-32-19-8-5-17(6-9-19)22(29)26-24(33)25-20-16-18(23(30)31-3)7-10-21(20)28-13-11-27(2)12-14-28/h5-10,16H,4,11-15H2,1-3H3,(H2,25,26,29,33). The van der Waals surface area contributed by atoms with Gasteiger partial charge in [0, 0.05) is 31.7 Å². The van der Waals surface area contributed by atoms with Crippen LogP contribution in [0.5, 0.6) is 5.75 Å². The highest BCUT2D eigenvalue weighted by Crippen LogP contribution is 2.28. The molecule has 0 aromatic heterocycles. The number of methoxy groups -OCH3 is 1. The van der Waals surface area contributed by atoms with Crippen molar-refractivity contribution in [3.63, 3.8) is 0 Å². The molecule has 1 aliphatic rings. The molecule has 2 N–H and O–H groups in total. The summed E-state index contributed by atoms with van der Waals surface area (Å²) >= 11 is 5.40. The number of thiocarbonyl (C=S) groups is 1. The van der Waals surface area contributed by atoms with E-state index in [1.165, 1.54) is 7.11 Å².